The van der Waals surface area contributed by atoms with Crippen LogP contribution in [0.15, 0.2) is 12.1 Å². The SMILES string of the molecule is C[C@@H](O)CNC(=O)c1cc(Cl)c(N)c(Cl)c1. The lowest BCUT2D eigenvalue weighted by molar-refractivity contribution is 0.0924. The van der Waals surface area contributed by atoms with Crippen molar-refractivity contribution >= 4 is 34.8 Å². The number of nitrogen functional groups attached to an aromatic ring is 1. The van der Waals surface area contributed by atoms with Gasteiger partial charge in [0, 0.05) is 12.1 Å². The lowest BCUT2D eigenvalue weighted by Crippen LogP contribution is -2.30. The van der Waals surface area contributed by atoms with E-state index in [4.69, 9.17) is 34.0 Å². The fraction of sp³-hybridized carbons (Fsp3) is 0.300. The molecular weight excluding hydrogens is 251 g/mol. The summed E-state index contributed by atoms with van der Waals surface area (Å²) >= 11 is 11.6. The number of benzene rings is 1. The van der Waals surface area contributed by atoms with Crippen molar-refractivity contribution in [1.29, 1.82) is 0 Å². The Morgan fingerprint density at radius 3 is 2.44 bits per heavy atom. The number of nitrogens with two attached hydrogens (primary N) is 1. The molecule has 0 aliphatic rings. The molecule has 88 valence electrons. The number of aliphatic hydroxyl groups is 1. The Balaban J connectivity index is 2.84. The molecule has 0 aliphatic heterocycles. The van der Waals surface area contributed by atoms with Gasteiger partial charge < -0.3 is 16.2 Å². The summed E-state index contributed by atoms with van der Waals surface area (Å²) < 4.78 is 0. The van der Waals surface area contributed by atoms with Gasteiger partial charge in [-0.15, -0.1) is 0 Å². The third-order valence-electron chi connectivity index (χ3n) is 1.90. The summed E-state index contributed by atoms with van der Waals surface area (Å²) in [5.41, 5.74) is 6.09. The molecule has 0 fully saturated rings. The minimum Gasteiger partial charge on any atom is -0.396 e. The topological polar surface area (TPSA) is 75.3 Å². The molecule has 0 saturated heterocycles. The molecule has 0 aromatic heterocycles. The zero-order valence-electron chi connectivity index (χ0n) is 8.63. The number of nitrogens with one attached hydrogen (secondary N) is 1. The van der Waals surface area contributed by atoms with Crippen LogP contribution in [0.3, 0.4) is 0 Å². The maximum atomic E-state index is 11.6. The van der Waals surface area contributed by atoms with Crippen molar-refractivity contribution in [3.05, 3.63) is 27.7 Å². The van der Waals surface area contributed by atoms with E-state index in [9.17, 15) is 4.79 Å². The molecule has 0 saturated carbocycles. The van der Waals surface area contributed by atoms with Crippen LogP contribution in [0.1, 0.15) is 17.3 Å². The van der Waals surface area contributed by atoms with Crippen molar-refractivity contribution in [3.63, 3.8) is 0 Å². The first kappa shape index (κ1) is 13.1. The van der Waals surface area contributed by atoms with Gasteiger partial charge in [0.05, 0.1) is 21.8 Å². The van der Waals surface area contributed by atoms with Gasteiger partial charge in [0.15, 0.2) is 0 Å². The number of carbonyl (C=O) groups is 1. The summed E-state index contributed by atoms with van der Waals surface area (Å²) in [5, 5.41) is 12.0. The molecule has 0 heterocycles. The molecule has 1 amide bonds. The van der Waals surface area contributed by atoms with E-state index in [-0.39, 0.29) is 28.2 Å². The summed E-state index contributed by atoms with van der Waals surface area (Å²) in [4.78, 5) is 11.6. The predicted molar refractivity (Wildman–Crippen MR) is 64.9 cm³/mol. The van der Waals surface area contributed by atoms with Gasteiger partial charge in [-0.3, -0.25) is 4.79 Å². The number of carbonyl (C=O) groups excluding carboxylic acids is 1. The molecule has 0 unspecified atom stereocenters. The van der Waals surface area contributed by atoms with Gasteiger partial charge in [-0.2, -0.15) is 0 Å². The number of anilines is 1. The third kappa shape index (κ3) is 3.27. The van der Waals surface area contributed by atoms with Gasteiger partial charge in [0.2, 0.25) is 0 Å². The number of amides is 1. The zero-order valence-corrected chi connectivity index (χ0v) is 10.1. The number of hydrogen-bond acceptors (Lipinski definition) is 3. The Kier molecular flexibility index (Phi) is 4.41. The molecule has 0 aliphatic carbocycles. The molecule has 4 nitrogen and oxygen atoms in total. The summed E-state index contributed by atoms with van der Waals surface area (Å²) in [6.07, 6.45) is -0.608. The van der Waals surface area contributed by atoms with Crippen molar-refractivity contribution in [2.75, 3.05) is 12.3 Å². The smallest absolute Gasteiger partial charge is 0.251 e. The van der Waals surface area contributed by atoms with Crippen LogP contribution in [0.25, 0.3) is 0 Å². The van der Waals surface area contributed by atoms with Gasteiger partial charge in [-0.25, -0.2) is 0 Å². The van der Waals surface area contributed by atoms with Gasteiger partial charge >= 0.3 is 0 Å². The fourth-order valence-corrected chi connectivity index (χ4v) is 1.54. The van der Waals surface area contributed by atoms with Crippen LogP contribution in [0.5, 0.6) is 0 Å². The van der Waals surface area contributed by atoms with Crippen molar-refractivity contribution in [2.24, 2.45) is 0 Å². The maximum absolute atomic E-state index is 11.6. The van der Waals surface area contributed by atoms with Crippen LogP contribution in [0, 0.1) is 0 Å². The van der Waals surface area contributed by atoms with Crippen LogP contribution < -0.4 is 11.1 Å². The monoisotopic (exact) mass is 262 g/mol. The second kappa shape index (κ2) is 5.39. The lowest BCUT2D eigenvalue weighted by Gasteiger charge is -2.09. The van der Waals surface area contributed by atoms with E-state index < -0.39 is 6.10 Å². The van der Waals surface area contributed by atoms with Crippen LogP contribution in [-0.2, 0) is 0 Å². The minimum atomic E-state index is -0.608. The highest BCUT2D eigenvalue weighted by Crippen LogP contribution is 2.28. The molecule has 1 aromatic carbocycles. The van der Waals surface area contributed by atoms with Gasteiger partial charge in [-0.1, -0.05) is 23.2 Å². The molecule has 16 heavy (non-hydrogen) atoms. The molecule has 1 rings (SSSR count). The normalized spacial score (nSPS) is 12.2. The Hall–Kier alpha value is -0.970. The Morgan fingerprint density at radius 1 is 1.50 bits per heavy atom. The Bertz CT molecular complexity index is 385. The van der Waals surface area contributed by atoms with Crippen LogP contribution in [0.2, 0.25) is 10.0 Å². The first-order valence-corrected chi connectivity index (χ1v) is 5.38. The minimum absolute atomic E-state index is 0.165. The Labute approximate surface area is 103 Å². The van der Waals surface area contributed by atoms with E-state index in [1.807, 2.05) is 0 Å². The average molecular weight is 263 g/mol. The second-order valence-electron chi connectivity index (χ2n) is 3.41. The molecule has 0 bridgehead atoms. The third-order valence-corrected chi connectivity index (χ3v) is 2.52. The Morgan fingerprint density at radius 2 is 2.00 bits per heavy atom. The number of aliphatic hydroxyl groups excluding tert-OH is 1. The summed E-state index contributed by atoms with van der Waals surface area (Å²) in [7, 11) is 0. The van der Waals surface area contributed by atoms with Crippen LogP contribution in [-0.4, -0.2) is 23.7 Å². The molecule has 0 radical (unpaired) electrons. The van der Waals surface area contributed by atoms with Gasteiger partial charge in [-0.05, 0) is 19.1 Å². The van der Waals surface area contributed by atoms with Crippen molar-refractivity contribution < 1.29 is 9.90 Å². The van der Waals surface area contributed by atoms with Crippen LogP contribution in [0.4, 0.5) is 5.69 Å². The summed E-state index contributed by atoms with van der Waals surface area (Å²) in [6.45, 7) is 1.74. The van der Waals surface area contributed by atoms with E-state index in [1.54, 1.807) is 6.92 Å². The van der Waals surface area contributed by atoms with Crippen molar-refractivity contribution in [2.45, 2.75) is 13.0 Å². The number of hydrogen-bond donors (Lipinski definition) is 3. The van der Waals surface area contributed by atoms with E-state index in [0.29, 0.717) is 5.56 Å². The number of rotatable bonds is 3. The molecular formula is C10H12Cl2N2O2. The average Bonchev–Trinajstić information content (AvgIpc) is 2.21. The highest BCUT2D eigenvalue weighted by molar-refractivity contribution is 6.39. The van der Waals surface area contributed by atoms with Gasteiger partial charge in [0.1, 0.15) is 0 Å². The second-order valence-corrected chi connectivity index (χ2v) is 4.23. The number of halogens is 2. The quantitative estimate of drug-likeness (QED) is 0.726. The molecule has 1 atom stereocenters. The molecule has 1 aromatic rings. The molecule has 6 heteroatoms. The molecule has 0 spiro atoms. The summed E-state index contributed by atoms with van der Waals surface area (Å²) in [6, 6.07) is 2.86. The summed E-state index contributed by atoms with van der Waals surface area (Å²) in [5.74, 6) is -0.357. The van der Waals surface area contributed by atoms with Gasteiger partial charge in [0.25, 0.3) is 5.91 Å². The van der Waals surface area contributed by atoms with E-state index >= 15 is 0 Å². The largest absolute Gasteiger partial charge is 0.396 e. The zero-order chi connectivity index (χ0) is 12.3. The fourth-order valence-electron chi connectivity index (χ4n) is 1.06. The first-order valence-electron chi connectivity index (χ1n) is 4.62. The predicted octanol–water partition coefficient (Wildman–Crippen LogP) is 1.69. The molecule has 4 N–H and O–H groups in total. The van der Waals surface area contributed by atoms with Crippen LogP contribution >= 0.6 is 23.2 Å². The first-order chi connectivity index (χ1) is 7.41. The van der Waals surface area contributed by atoms with Crippen molar-refractivity contribution in [1.82, 2.24) is 5.32 Å². The van der Waals surface area contributed by atoms with Crippen molar-refractivity contribution in [3.8, 4) is 0 Å². The van der Waals surface area contributed by atoms with E-state index in [0.717, 1.165) is 0 Å². The standard InChI is InChI=1S/C10H12Cl2N2O2/c1-5(15)4-14-10(16)6-2-7(11)9(13)8(12)3-6/h2-3,5,15H,4,13H2,1H3,(H,14,16)/t5-/m1/s1. The lowest BCUT2D eigenvalue weighted by atomic mass is 10.2. The highest BCUT2D eigenvalue weighted by Gasteiger charge is 2.11. The van der Waals surface area contributed by atoms with E-state index in [1.165, 1.54) is 12.1 Å². The highest BCUT2D eigenvalue weighted by atomic mass is 35.5. The maximum Gasteiger partial charge on any atom is 0.251 e. The van der Waals surface area contributed by atoms with E-state index in [2.05, 4.69) is 5.32 Å².